The van der Waals surface area contributed by atoms with Crippen LogP contribution >= 0.6 is 15.9 Å². The molecule has 1 saturated heterocycles. The van der Waals surface area contributed by atoms with Crippen LogP contribution in [0.1, 0.15) is 6.04 Å². The molecule has 1 fully saturated rings. The number of aromatic nitrogens is 2. The Morgan fingerprint density at radius 2 is 2.38 bits per heavy atom. The van der Waals surface area contributed by atoms with Crippen molar-refractivity contribution >= 4 is 15.9 Å². The van der Waals surface area contributed by atoms with Gasteiger partial charge in [0.15, 0.2) is 0 Å². The van der Waals surface area contributed by atoms with E-state index in [0.29, 0.717) is 6.04 Å². The fourth-order valence-electron chi connectivity index (χ4n) is 1.58. The Kier molecular flexibility index (Phi) is 2.51. The molecule has 0 spiro atoms. The molecule has 1 aliphatic rings. The van der Waals surface area contributed by atoms with E-state index in [0.717, 1.165) is 24.1 Å². The Morgan fingerprint density at radius 3 is 2.92 bits per heavy atom. The molecule has 4 heteroatoms. The second-order valence-electron chi connectivity index (χ2n) is 3.35. The molecule has 0 amide bonds. The quantitative estimate of drug-likeness (QED) is 0.803. The van der Waals surface area contributed by atoms with Crippen molar-refractivity contribution in [2.75, 3.05) is 19.6 Å². The summed E-state index contributed by atoms with van der Waals surface area (Å²) in [4.78, 5) is 2.34. The number of rotatable bonds is 3. The molecule has 2 heterocycles. The van der Waals surface area contributed by atoms with Gasteiger partial charge in [-0.2, -0.15) is 5.10 Å². The molecule has 0 radical (unpaired) electrons. The van der Waals surface area contributed by atoms with Gasteiger partial charge in [-0.1, -0.05) is 22.5 Å². The summed E-state index contributed by atoms with van der Waals surface area (Å²) in [7, 11) is 0. The van der Waals surface area contributed by atoms with Crippen molar-refractivity contribution in [2.45, 2.75) is 6.04 Å². The van der Waals surface area contributed by atoms with Gasteiger partial charge in [-0.25, -0.2) is 0 Å². The molecule has 0 aromatic carbocycles. The first-order valence-electron chi connectivity index (χ1n) is 4.30. The fourth-order valence-corrected chi connectivity index (χ4v) is 1.93. The van der Waals surface area contributed by atoms with Crippen LogP contribution in [0.5, 0.6) is 0 Å². The van der Waals surface area contributed by atoms with Crippen LogP contribution in [0.15, 0.2) is 29.5 Å². The third-order valence-corrected chi connectivity index (χ3v) is 2.48. The second kappa shape index (κ2) is 3.64. The molecule has 13 heavy (non-hydrogen) atoms. The first-order valence-corrected chi connectivity index (χ1v) is 5.10. The highest BCUT2D eigenvalue weighted by Gasteiger charge is 2.27. The first kappa shape index (κ1) is 8.97. The molecule has 0 N–H and O–H groups in total. The maximum atomic E-state index is 4.21. The summed E-state index contributed by atoms with van der Waals surface area (Å²) in [6.07, 6.45) is 3.84. The number of hydrogen-bond acceptors (Lipinski definition) is 2. The van der Waals surface area contributed by atoms with Crippen LogP contribution in [0.4, 0.5) is 0 Å². The van der Waals surface area contributed by atoms with Crippen molar-refractivity contribution in [3.05, 3.63) is 29.5 Å². The molecule has 0 bridgehead atoms. The van der Waals surface area contributed by atoms with Crippen molar-refractivity contribution in [3.63, 3.8) is 0 Å². The molecule has 1 aromatic rings. The van der Waals surface area contributed by atoms with E-state index in [-0.39, 0.29) is 0 Å². The lowest BCUT2D eigenvalue weighted by Crippen LogP contribution is -2.48. The maximum Gasteiger partial charge on any atom is 0.0773 e. The second-order valence-corrected chi connectivity index (χ2v) is 4.47. The minimum Gasteiger partial charge on any atom is -0.294 e. The molecule has 1 aromatic heterocycles. The topological polar surface area (TPSA) is 21.1 Å². The largest absolute Gasteiger partial charge is 0.294 e. The summed E-state index contributed by atoms with van der Waals surface area (Å²) in [5, 5.41) is 4.21. The summed E-state index contributed by atoms with van der Waals surface area (Å²) in [6.45, 7) is 6.91. The van der Waals surface area contributed by atoms with E-state index in [2.05, 4.69) is 32.5 Å². The third-order valence-electron chi connectivity index (χ3n) is 2.23. The number of nitrogens with zero attached hydrogens (tertiary/aromatic N) is 3. The van der Waals surface area contributed by atoms with Crippen LogP contribution in [0.25, 0.3) is 0 Å². The molecule has 3 nitrogen and oxygen atoms in total. The average Bonchev–Trinajstić information content (AvgIpc) is 2.46. The van der Waals surface area contributed by atoms with Gasteiger partial charge in [0.1, 0.15) is 0 Å². The normalized spacial score (nSPS) is 18.5. The number of halogens is 1. The molecule has 0 saturated carbocycles. The zero-order valence-electron chi connectivity index (χ0n) is 7.36. The van der Waals surface area contributed by atoms with E-state index >= 15 is 0 Å². The predicted octanol–water partition coefficient (Wildman–Crippen LogP) is 1.65. The van der Waals surface area contributed by atoms with Gasteiger partial charge in [-0.05, 0) is 6.07 Å². The van der Waals surface area contributed by atoms with E-state index in [4.69, 9.17) is 0 Å². The van der Waals surface area contributed by atoms with E-state index in [9.17, 15) is 0 Å². The predicted molar refractivity (Wildman–Crippen MR) is 55.8 cm³/mol. The summed E-state index contributed by atoms with van der Waals surface area (Å²) in [5.41, 5.74) is 0. The van der Waals surface area contributed by atoms with Gasteiger partial charge in [-0.15, -0.1) is 0 Å². The zero-order chi connectivity index (χ0) is 9.26. The lowest BCUT2D eigenvalue weighted by Gasteiger charge is -2.38. The van der Waals surface area contributed by atoms with Gasteiger partial charge in [0.2, 0.25) is 0 Å². The average molecular weight is 242 g/mol. The Labute approximate surface area is 86.2 Å². The van der Waals surface area contributed by atoms with Gasteiger partial charge in [0.05, 0.1) is 6.04 Å². The minimum absolute atomic E-state index is 0.557. The van der Waals surface area contributed by atoms with Crippen molar-refractivity contribution in [3.8, 4) is 0 Å². The SMILES string of the molecule is C=C(Br)CN1CC(n2cccn2)C1. The molecular weight excluding hydrogens is 230 g/mol. The fraction of sp³-hybridized carbons (Fsp3) is 0.444. The zero-order valence-corrected chi connectivity index (χ0v) is 8.94. The summed E-state index contributed by atoms with van der Waals surface area (Å²) >= 11 is 3.36. The van der Waals surface area contributed by atoms with Crippen molar-refractivity contribution < 1.29 is 0 Å². The first-order chi connectivity index (χ1) is 6.25. The van der Waals surface area contributed by atoms with Crippen molar-refractivity contribution in [1.29, 1.82) is 0 Å². The van der Waals surface area contributed by atoms with Gasteiger partial charge in [-0.3, -0.25) is 9.58 Å². The van der Waals surface area contributed by atoms with Crippen LogP contribution < -0.4 is 0 Å². The van der Waals surface area contributed by atoms with E-state index in [1.54, 1.807) is 0 Å². The van der Waals surface area contributed by atoms with Crippen LogP contribution in [0.3, 0.4) is 0 Å². The van der Waals surface area contributed by atoms with Crippen LogP contribution in [-0.4, -0.2) is 34.3 Å². The summed E-state index contributed by atoms with van der Waals surface area (Å²) in [6, 6.07) is 2.52. The minimum atomic E-state index is 0.557. The monoisotopic (exact) mass is 241 g/mol. The highest BCUT2D eigenvalue weighted by atomic mass is 79.9. The van der Waals surface area contributed by atoms with Crippen molar-refractivity contribution in [1.82, 2.24) is 14.7 Å². The molecule has 2 rings (SSSR count). The lowest BCUT2D eigenvalue weighted by atomic mass is 10.1. The summed E-state index contributed by atoms with van der Waals surface area (Å²) < 4.78 is 3.07. The standard InChI is InChI=1S/C9H12BrN3/c1-8(10)5-12-6-9(7-12)13-4-2-3-11-13/h2-4,9H,1,5-7H2. The Balaban J connectivity index is 1.82. The van der Waals surface area contributed by atoms with E-state index in [1.165, 1.54) is 0 Å². The highest BCUT2D eigenvalue weighted by Crippen LogP contribution is 2.21. The van der Waals surface area contributed by atoms with Gasteiger partial charge in [0, 0.05) is 36.5 Å². The molecule has 0 unspecified atom stereocenters. The molecule has 0 atom stereocenters. The smallest absolute Gasteiger partial charge is 0.0773 e. The molecular formula is C9H12BrN3. The molecule has 1 aliphatic heterocycles. The highest BCUT2D eigenvalue weighted by molar-refractivity contribution is 9.11. The van der Waals surface area contributed by atoms with Gasteiger partial charge < -0.3 is 0 Å². The Morgan fingerprint density at radius 1 is 1.62 bits per heavy atom. The van der Waals surface area contributed by atoms with Gasteiger partial charge >= 0.3 is 0 Å². The van der Waals surface area contributed by atoms with Gasteiger partial charge in [0.25, 0.3) is 0 Å². The van der Waals surface area contributed by atoms with Crippen molar-refractivity contribution in [2.24, 2.45) is 0 Å². The molecule has 70 valence electrons. The van der Waals surface area contributed by atoms with E-state index in [1.807, 2.05) is 23.1 Å². The Hall–Kier alpha value is -0.610. The number of hydrogen-bond donors (Lipinski definition) is 0. The lowest BCUT2D eigenvalue weighted by molar-refractivity contribution is 0.112. The van der Waals surface area contributed by atoms with E-state index < -0.39 is 0 Å². The summed E-state index contributed by atoms with van der Waals surface area (Å²) in [5.74, 6) is 0. The number of likely N-dealkylation sites (tertiary alicyclic amines) is 1. The van der Waals surface area contributed by atoms with Crippen LogP contribution in [0.2, 0.25) is 0 Å². The van der Waals surface area contributed by atoms with Crippen LogP contribution in [0, 0.1) is 0 Å². The third kappa shape index (κ3) is 2.00. The molecule has 0 aliphatic carbocycles. The Bertz CT molecular complexity index is 288. The van der Waals surface area contributed by atoms with Crippen LogP contribution in [-0.2, 0) is 0 Å². The maximum absolute atomic E-state index is 4.21.